The summed E-state index contributed by atoms with van der Waals surface area (Å²) in [5.41, 5.74) is 0.913. The van der Waals surface area contributed by atoms with Crippen LogP contribution in [0.3, 0.4) is 0 Å². The minimum Gasteiger partial charge on any atom is -0.359 e. The molecule has 1 rings (SSSR count). The Balaban J connectivity index is 0. The molecule has 0 atom stereocenters. The minimum atomic E-state index is -0.233. The second kappa shape index (κ2) is 16.3. The largest absolute Gasteiger partial charge is 0.359 e. The van der Waals surface area contributed by atoms with Crippen LogP contribution in [0, 0.1) is 5.82 Å². The molecule has 1 N–H and O–H groups in total. The van der Waals surface area contributed by atoms with Crippen molar-refractivity contribution in [2.75, 3.05) is 12.8 Å². The molecule has 104 valence electrons. The van der Waals surface area contributed by atoms with Gasteiger partial charge in [-0.05, 0) is 43.3 Å². The number of carbonyl (C=O) groups is 1. The summed E-state index contributed by atoms with van der Waals surface area (Å²) in [5, 5.41) is 2.52. The van der Waals surface area contributed by atoms with Crippen LogP contribution in [0.5, 0.6) is 0 Å². The molecule has 6 heteroatoms. The minimum absolute atomic E-state index is 0.233. The molecule has 3 nitrogen and oxygen atoms in total. The summed E-state index contributed by atoms with van der Waals surface area (Å²) in [5.74, 6) is -0.233. The second-order valence-corrected chi connectivity index (χ2v) is 3.23. The van der Waals surface area contributed by atoms with Crippen molar-refractivity contribution in [3.63, 3.8) is 0 Å². The van der Waals surface area contributed by atoms with Gasteiger partial charge in [-0.1, -0.05) is 19.1 Å². The third-order valence-corrected chi connectivity index (χ3v) is 1.75. The predicted octanol–water partition coefficient (Wildman–Crippen LogP) is 2.88. The Labute approximate surface area is 119 Å². The van der Waals surface area contributed by atoms with Gasteiger partial charge in [-0.3, -0.25) is 4.79 Å². The Hall–Kier alpha value is -0.720. The molecular formula is C12H20FNO2S2. The smallest absolute Gasteiger partial charge is 0.207 e. The number of carbonyl (C=O) groups excluding carboxylic acids is 1. The van der Waals surface area contributed by atoms with Gasteiger partial charge in [0.2, 0.25) is 6.41 Å². The van der Waals surface area contributed by atoms with Crippen LogP contribution < -0.4 is 5.32 Å². The monoisotopic (exact) mass is 293 g/mol. The molecule has 18 heavy (non-hydrogen) atoms. The van der Waals surface area contributed by atoms with E-state index in [1.807, 2.05) is 6.92 Å². The molecule has 0 spiro atoms. The van der Waals surface area contributed by atoms with Crippen molar-refractivity contribution in [2.24, 2.45) is 0 Å². The lowest BCUT2D eigenvalue weighted by Gasteiger charge is -1.95. The zero-order valence-corrected chi connectivity index (χ0v) is 12.4. The molecule has 0 aliphatic carbocycles. The van der Waals surface area contributed by atoms with E-state index in [1.165, 1.54) is 12.1 Å². The van der Waals surface area contributed by atoms with Crippen molar-refractivity contribution in [1.82, 2.24) is 5.32 Å². The first kappa shape index (κ1) is 19.6. The van der Waals surface area contributed by atoms with Crippen LogP contribution in [0.2, 0.25) is 0 Å². The number of thiol groups is 2. The summed E-state index contributed by atoms with van der Waals surface area (Å²) in [6.45, 7) is 3.21. The fraction of sp³-hybridized carbons (Fsp3) is 0.417. The standard InChI is InChI=1S/C7H7FOS.C4H9NO.CH4S/c8-7-3-1-6(2-4-7)5-9-10;1-2-3-5-4-6;1-2/h1-4,10H,5H2;4H,2-3H2,1H3,(H,5,6);2H,1H3. The fourth-order valence-corrected chi connectivity index (χ4v) is 1.01. The fourth-order valence-electron chi connectivity index (χ4n) is 0.858. The number of hydrogen-bond acceptors (Lipinski definition) is 4. The van der Waals surface area contributed by atoms with Crippen LogP contribution in [-0.2, 0) is 15.6 Å². The maximum absolute atomic E-state index is 12.3. The molecule has 0 radical (unpaired) electrons. The van der Waals surface area contributed by atoms with Crippen molar-refractivity contribution in [3.05, 3.63) is 35.6 Å². The average molecular weight is 293 g/mol. The molecule has 0 aromatic heterocycles. The number of nitrogens with one attached hydrogen (secondary N) is 1. The van der Waals surface area contributed by atoms with Gasteiger partial charge < -0.3 is 9.50 Å². The Bertz CT molecular complexity index is 284. The van der Waals surface area contributed by atoms with Gasteiger partial charge in [0.25, 0.3) is 0 Å². The third-order valence-electron chi connectivity index (χ3n) is 1.62. The number of amides is 1. The van der Waals surface area contributed by atoms with E-state index in [-0.39, 0.29) is 5.82 Å². The maximum atomic E-state index is 12.3. The lowest BCUT2D eigenvalue weighted by Crippen LogP contribution is -2.10. The van der Waals surface area contributed by atoms with E-state index in [4.69, 9.17) is 0 Å². The van der Waals surface area contributed by atoms with Crippen molar-refractivity contribution in [2.45, 2.75) is 20.0 Å². The van der Waals surface area contributed by atoms with Crippen molar-refractivity contribution in [3.8, 4) is 0 Å². The van der Waals surface area contributed by atoms with Gasteiger partial charge in [-0.2, -0.15) is 12.6 Å². The highest BCUT2D eigenvalue weighted by atomic mass is 32.1. The lowest BCUT2D eigenvalue weighted by atomic mass is 10.2. The maximum Gasteiger partial charge on any atom is 0.207 e. The van der Waals surface area contributed by atoms with Crippen molar-refractivity contribution >= 4 is 31.9 Å². The predicted molar refractivity (Wildman–Crippen MR) is 79.4 cm³/mol. The highest BCUT2D eigenvalue weighted by Crippen LogP contribution is 2.04. The van der Waals surface area contributed by atoms with Crippen LogP contribution in [0.15, 0.2) is 24.3 Å². The van der Waals surface area contributed by atoms with Gasteiger partial charge >= 0.3 is 0 Å². The quantitative estimate of drug-likeness (QED) is 0.338. The Morgan fingerprint density at radius 3 is 2.22 bits per heavy atom. The van der Waals surface area contributed by atoms with Gasteiger partial charge in [0.15, 0.2) is 0 Å². The Morgan fingerprint density at radius 1 is 1.33 bits per heavy atom. The molecule has 0 fully saturated rings. The summed E-state index contributed by atoms with van der Waals surface area (Å²) in [6.07, 6.45) is 3.42. The highest BCUT2D eigenvalue weighted by Gasteiger charge is 1.90. The molecule has 1 aromatic carbocycles. The number of rotatable bonds is 5. The molecule has 0 aliphatic heterocycles. The second-order valence-electron chi connectivity index (χ2n) is 2.97. The summed E-state index contributed by atoms with van der Waals surface area (Å²) < 4.78 is 16.8. The van der Waals surface area contributed by atoms with Crippen LogP contribution >= 0.6 is 25.5 Å². The topological polar surface area (TPSA) is 38.3 Å². The van der Waals surface area contributed by atoms with E-state index >= 15 is 0 Å². The molecule has 0 bridgehead atoms. The lowest BCUT2D eigenvalue weighted by molar-refractivity contribution is -0.109. The Kier molecular flexibility index (Phi) is 17.7. The molecule has 0 aliphatic rings. The van der Waals surface area contributed by atoms with E-state index in [9.17, 15) is 9.18 Å². The van der Waals surface area contributed by atoms with Crippen LogP contribution in [0.1, 0.15) is 18.9 Å². The molecule has 0 saturated heterocycles. The molecule has 0 saturated carbocycles. The molecule has 1 amide bonds. The number of hydrogen-bond donors (Lipinski definition) is 3. The van der Waals surface area contributed by atoms with E-state index in [0.29, 0.717) is 13.0 Å². The third kappa shape index (κ3) is 13.3. The first-order valence-electron chi connectivity index (χ1n) is 5.37. The number of benzene rings is 1. The molecule has 0 unspecified atom stereocenters. The Morgan fingerprint density at radius 2 is 1.89 bits per heavy atom. The van der Waals surface area contributed by atoms with E-state index < -0.39 is 0 Å². The van der Waals surface area contributed by atoms with Gasteiger partial charge in [-0.25, -0.2) is 4.39 Å². The van der Waals surface area contributed by atoms with E-state index in [2.05, 4.69) is 35.0 Å². The SMILES string of the molecule is CCCNC=O.CS.Fc1ccc(COS)cc1. The van der Waals surface area contributed by atoms with E-state index in [0.717, 1.165) is 18.5 Å². The first-order chi connectivity index (χ1) is 8.74. The van der Waals surface area contributed by atoms with Crippen LogP contribution in [0.25, 0.3) is 0 Å². The van der Waals surface area contributed by atoms with Gasteiger partial charge in [0, 0.05) is 6.54 Å². The van der Waals surface area contributed by atoms with Crippen LogP contribution in [-0.4, -0.2) is 19.2 Å². The molecule has 1 aromatic rings. The zero-order chi connectivity index (χ0) is 14.2. The number of halogens is 1. The van der Waals surface area contributed by atoms with Crippen LogP contribution in [0.4, 0.5) is 4.39 Å². The highest BCUT2D eigenvalue weighted by molar-refractivity contribution is 7.79. The van der Waals surface area contributed by atoms with Gasteiger partial charge in [-0.15, -0.1) is 0 Å². The van der Waals surface area contributed by atoms with Crippen molar-refractivity contribution in [1.29, 1.82) is 0 Å². The summed E-state index contributed by atoms with van der Waals surface area (Å²) in [6, 6.07) is 6.10. The molecule has 0 heterocycles. The van der Waals surface area contributed by atoms with E-state index in [1.54, 1.807) is 18.4 Å². The molecular weight excluding hydrogens is 273 g/mol. The first-order valence-corrected chi connectivity index (χ1v) is 6.63. The summed E-state index contributed by atoms with van der Waals surface area (Å²) in [7, 11) is 0. The zero-order valence-electron chi connectivity index (χ0n) is 10.6. The average Bonchev–Trinajstić information content (AvgIpc) is 2.42. The van der Waals surface area contributed by atoms with Gasteiger partial charge in [0.05, 0.1) is 6.61 Å². The summed E-state index contributed by atoms with van der Waals surface area (Å²) >= 11 is 7.09. The van der Waals surface area contributed by atoms with Gasteiger partial charge in [0.1, 0.15) is 5.82 Å². The summed E-state index contributed by atoms with van der Waals surface area (Å²) in [4.78, 5) is 9.45. The van der Waals surface area contributed by atoms with Crippen molar-refractivity contribution < 1.29 is 13.4 Å². The normalized spacial score (nSPS) is 8.28.